The number of aryl methyl sites for hydroxylation is 1. The Morgan fingerprint density at radius 1 is 1.13 bits per heavy atom. The van der Waals surface area contributed by atoms with E-state index in [1.807, 2.05) is 18.2 Å². The molecule has 4 N–H and O–H groups in total. The fourth-order valence-corrected chi connectivity index (χ4v) is 3.92. The average Bonchev–Trinajstić information content (AvgIpc) is 3.16. The van der Waals surface area contributed by atoms with Crippen LogP contribution in [0, 0.1) is 5.82 Å². The van der Waals surface area contributed by atoms with Gasteiger partial charge >= 0.3 is 0 Å². The van der Waals surface area contributed by atoms with Crippen molar-refractivity contribution in [3.8, 4) is 11.1 Å². The van der Waals surface area contributed by atoms with Crippen LogP contribution in [0.3, 0.4) is 0 Å². The molecule has 0 unspecified atom stereocenters. The first kappa shape index (κ1) is 18.1. The molecule has 2 aromatic carbocycles. The molecule has 8 heteroatoms. The van der Waals surface area contributed by atoms with Gasteiger partial charge in [0.2, 0.25) is 11.9 Å². The van der Waals surface area contributed by atoms with Crippen LogP contribution in [0.1, 0.15) is 12.0 Å². The molecule has 3 heterocycles. The van der Waals surface area contributed by atoms with E-state index in [1.54, 1.807) is 30.3 Å². The largest absolute Gasteiger partial charge is 0.383 e. The second kappa shape index (κ2) is 6.84. The maximum Gasteiger partial charge on any atom is 0.231 e. The van der Waals surface area contributed by atoms with Crippen molar-refractivity contribution >= 4 is 40.1 Å². The molecule has 1 aliphatic rings. The van der Waals surface area contributed by atoms with Gasteiger partial charge in [-0.1, -0.05) is 24.3 Å². The van der Waals surface area contributed by atoms with Crippen LogP contribution in [0.25, 0.3) is 22.2 Å². The van der Waals surface area contributed by atoms with Crippen molar-refractivity contribution in [2.24, 2.45) is 0 Å². The van der Waals surface area contributed by atoms with E-state index < -0.39 is 0 Å². The van der Waals surface area contributed by atoms with E-state index in [9.17, 15) is 9.18 Å². The number of anilines is 4. The van der Waals surface area contributed by atoms with E-state index in [2.05, 4.69) is 20.3 Å². The van der Waals surface area contributed by atoms with Crippen LogP contribution in [0.2, 0.25) is 0 Å². The van der Waals surface area contributed by atoms with Crippen molar-refractivity contribution < 1.29 is 9.18 Å². The van der Waals surface area contributed by atoms with Crippen LogP contribution in [0.5, 0.6) is 0 Å². The summed E-state index contributed by atoms with van der Waals surface area (Å²) < 4.78 is 13.3. The van der Waals surface area contributed by atoms with E-state index in [0.717, 1.165) is 28.1 Å². The van der Waals surface area contributed by atoms with Gasteiger partial charge in [-0.2, -0.15) is 9.97 Å². The molecule has 4 aromatic rings. The van der Waals surface area contributed by atoms with Crippen LogP contribution in [-0.2, 0) is 11.2 Å². The normalized spacial score (nSPS) is 13.5. The lowest BCUT2D eigenvalue weighted by atomic mass is 10.0. The van der Waals surface area contributed by atoms with E-state index >= 15 is 0 Å². The van der Waals surface area contributed by atoms with E-state index in [1.165, 1.54) is 12.1 Å². The molecule has 30 heavy (non-hydrogen) atoms. The number of halogens is 1. The third kappa shape index (κ3) is 2.93. The Hall–Kier alpha value is -3.94. The molecular weight excluding hydrogens is 383 g/mol. The van der Waals surface area contributed by atoms with E-state index in [4.69, 9.17) is 5.73 Å². The van der Waals surface area contributed by atoms with Gasteiger partial charge in [-0.15, -0.1) is 0 Å². The molecule has 1 aliphatic heterocycles. The molecule has 2 aromatic heterocycles. The van der Waals surface area contributed by atoms with Crippen molar-refractivity contribution in [1.29, 1.82) is 0 Å². The number of aromatic nitrogens is 3. The molecule has 0 atom stereocenters. The Bertz CT molecular complexity index is 1280. The van der Waals surface area contributed by atoms with Crippen LogP contribution in [0.4, 0.5) is 27.5 Å². The quantitative estimate of drug-likeness (QED) is 0.481. The first-order valence-electron chi connectivity index (χ1n) is 9.57. The van der Waals surface area contributed by atoms with Gasteiger partial charge in [0, 0.05) is 25.2 Å². The summed E-state index contributed by atoms with van der Waals surface area (Å²) in [6, 6.07) is 12.0. The SMILES string of the molecule is CN1C(=O)CCc2cccc(Nc3nc(N)c4c(-c5ccc(F)cc5)c[nH]c4n3)c21. The van der Waals surface area contributed by atoms with Crippen LogP contribution in [-0.4, -0.2) is 27.9 Å². The summed E-state index contributed by atoms with van der Waals surface area (Å²) in [5, 5.41) is 3.88. The fourth-order valence-electron chi connectivity index (χ4n) is 3.92. The lowest BCUT2D eigenvalue weighted by Gasteiger charge is -2.28. The number of hydrogen-bond donors (Lipinski definition) is 3. The van der Waals surface area contributed by atoms with Crippen molar-refractivity contribution in [3.05, 3.63) is 60.0 Å². The zero-order valence-electron chi connectivity index (χ0n) is 16.2. The minimum absolute atomic E-state index is 0.0703. The standard InChI is InChI=1S/C22H19FN6O/c1-29-17(30)10-7-13-3-2-4-16(19(13)29)26-22-27-20(24)18-15(11-25-21(18)28-22)12-5-8-14(23)9-6-12/h2-6,8-9,11H,7,10H2,1H3,(H4,24,25,26,27,28). The topological polar surface area (TPSA) is 99.9 Å². The summed E-state index contributed by atoms with van der Waals surface area (Å²) in [6.45, 7) is 0. The maximum atomic E-state index is 13.3. The number of nitrogens with zero attached hydrogens (tertiary/aromatic N) is 3. The molecule has 0 saturated heterocycles. The third-order valence-electron chi connectivity index (χ3n) is 5.40. The summed E-state index contributed by atoms with van der Waals surface area (Å²) in [5.41, 5.74) is 11.1. The minimum Gasteiger partial charge on any atom is -0.383 e. The van der Waals surface area contributed by atoms with Crippen molar-refractivity contribution in [2.75, 3.05) is 23.0 Å². The number of rotatable bonds is 3. The molecule has 1 amide bonds. The van der Waals surface area contributed by atoms with Gasteiger partial charge in [0.05, 0.1) is 16.8 Å². The predicted octanol–water partition coefficient (Wildman–Crippen LogP) is 4.00. The smallest absolute Gasteiger partial charge is 0.231 e. The van der Waals surface area contributed by atoms with E-state index in [0.29, 0.717) is 35.6 Å². The minimum atomic E-state index is -0.302. The number of nitrogen functional groups attached to an aromatic ring is 1. The van der Waals surface area contributed by atoms with Crippen LogP contribution < -0.4 is 16.0 Å². The van der Waals surface area contributed by atoms with Gasteiger partial charge in [0.1, 0.15) is 17.3 Å². The molecule has 7 nitrogen and oxygen atoms in total. The number of hydrogen-bond acceptors (Lipinski definition) is 5. The highest BCUT2D eigenvalue weighted by molar-refractivity contribution is 6.02. The summed E-state index contributed by atoms with van der Waals surface area (Å²) in [6.07, 6.45) is 2.98. The van der Waals surface area contributed by atoms with Crippen molar-refractivity contribution in [2.45, 2.75) is 12.8 Å². The number of nitrogens with two attached hydrogens (primary N) is 1. The molecule has 0 saturated carbocycles. The molecule has 0 radical (unpaired) electrons. The van der Waals surface area contributed by atoms with Gasteiger partial charge in [-0.3, -0.25) is 4.79 Å². The molecule has 0 spiro atoms. The zero-order chi connectivity index (χ0) is 20.8. The van der Waals surface area contributed by atoms with Gasteiger partial charge in [-0.25, -0.2) is 4.39 Å². The van der Waals surface area contributed by atoms with Crippen LogP contribution >= 0.6 is 0 Å². The maximum absolute atomic E-state index is 13.3. The Morgan fingerprint density at radius 2 is 1.93 bits per heavy atom. The molecule has 0 fully saturated rings. The van der Waals surface area contributed by atoms with Gasteiger partial charge in [-0.05, 0) is 35.7 Å². The Balaban J connectivity index is 1.55. The number of carbonyl (C=O) groups excluding carboxylic acids is 1. The summed E-state index contributed by atoms with van der Waals surface area (Å²) in [4.78, 5) is 25.9. The highest BCUT2D eigenvalue weighted by Gasteiger charge is 2.24. The molecule has 0 bridgehead atoms. The van der Waals surface area contributed by atoms with Crippen LogP contribution in [0.15, 0.2) is 48.7 Å². The fraction of sp³-hybridized carbons (Fsp3) is 0.136. The lowest BCUT2D eigenvalue weighted by molar-refractivity contribution is -0.118. The number of carbonyl (C=O) groups is 1. The summed E-state index contributed by atoms with van der Waals surface area (Å²) in [7, 11) is 1.77. The van der Waals surface area contributed by atoms with Gasteiger partial charge < -0.3 is 20.9 Å². The average molecular weight is 402 g/mol. The molecular formula is C22H19FN6O. The number of nitrogens with one attached hydrogen (secondary N) is 2. The third-order valence-corrected chi connectivity index (χ3v) is 5.40. The Kier molecular flexibility index (Phi) is 4.13. The van der Waals surface area contributed by atoms with Gasteiger partial charge in [0.25, 0.3) is 0 Å². The Morgan fingerprint density at radius 3 is 2.73 bits per heavy atom. The highest BCUT2D eigenvalue weighted by Crippen LogP contribution is 2.36. The number of amides is 1. The van der Waals surface area contributed by atoms with Crippen molar-refractivity contribution in [3.63, 3.8) is 0 Å². The number of H-pyrrole nitrogens is 1. The summed E-state index contributed by atoms with van der Waals surface area (Å²) in [5.74, 6) is 0.398. The number of para-hydroxylation sites is 1. The first-order valence-corrected chi connectivity index (χ1v) is 9.57. The second-order valence-electron chi connectivity index (χ2n) is 7.26. The zero-order valence-corrected chi connectivity index (χ0v) is 16.2. The lowest BCUT2D eigenvalue weighted by Crippen LogP contribution is -2.31. The highest BCUT2D eigenvalue weighted by atomic mass is 19.1. The number of benzene rings is 2. The molecule has 0 aliphatic carbocycles. The number of aromatic amines is 1. The summed E-state index contributed by atoms with van der Waals surface area (Å²) >= 11 is 0. The number of fused-ring (bicyclic) bond motifs is 2. The Labute approximate surface area is 171 Å². The van der Waals surface area contributed by atoms with Crippen molar-refractivity contribution in [1.82, 2.24) is 15.0 Å². The second-order valence-corrected chi connectivity index (χ2v) is 7.26. The monoisotopic (exact) mass is 402 g/mol. The van der Waals surface area contributed by atoms with E-state index in [-0.39, 0.29) is 11.7 Å². The predicted molar refractivity (Wildman–Crippen MR) is 115 cm³/mol. The van der Waals surface area contributed by atoms with Gasteiger partial charge in [0.15, 0.2) is 0 Å². The first-order chi connectivity index (χ1) is 14.5. The molecule has 150 valence electrons. The molecule has 5 rings (SSSR count).